The van der Waals surface area contributed by atoms with Crippen LogP contribution in [0.15, 0.2) is 65.3 Å². The zero-order valence-corrected chi connectivity index (χ0v) is 12.1. The van der Waals surface area contributed by atoms with Gasteiger partial charge in [-0.1, -0.05) is 48.5 Å². The van der Waals surface area contributed by atoms with Crippen molar-refractivity contribution < 1.29 is 14.3 Å². The lowest BCUT2D eigenvalue weighted by Gasteiger charge is -1.99. The van der Waals surface area contributed by atoms with Gasteiger partial charge in [0.15, 0.2) is 0 Å². The summed E-state index contributed by atoms with van der Waals surface area (Å²) >= 11 is 4.19. The third kappa shape index (κ3) is 4.65. The van der Waals surface area contributed by atoms with E-state index in [1.807, 2.05) is 18.4 Å². The van der Waals surface area contributed by atoms with Gasteiger partial charge in [-0.15, -0.1) is 0 Å². The fourth-order valence-corrected chi connectivity index (χ4v) is 2.15. The maximum atomic E-state index is 8.77. The van der Waals surface area contributed by atoms with Crippen LogP contribution in [-0.4, -0.2) is 10.5 Å². The molecule has 3 aromatic rings. The van der Waals surface area contributed by atoms with Gasteiger partial charge < -0.3 is 9.52 Å². The lowest BCUT2D eigenvalue weighted by molar-refractivity contribution is 0.220. The summed E-state index contributed by atoms with van der Waals surface area (Å²) in [7, 11) is 0. The number of hydrogen-bond donors (Lipinski definition) is 1. The number of halogens is 1. The van der Waals surface area contributed by atoms with Crippen LogP contribution in [0.3, 0.4) is 0 Å². The first kappa shape index (κ1) is 15.1. The van der Waals surface area contributed by atoms with Crippen molar-refractivity contribution >= 4 is 28.0 Å². The van der Waals surface area contributed by atoms with Crippen LogP contribution < -0.4 is 0 Å². The molecular formula is C17H15ClO3. The van der Waals surface area contributed by atoms with E-state index in [4.69, 9.17) is 14.3 Å². The van der Waals surface area contributed by atoms with E-state index in [1.54, 1.807) is 0 Å². The molecule has 0 aliphatic carbocycles. The van der Waals surface area contributed by atoms with Crippen LogP contribution >= 0.6 is 11.6 Å². The monoisotopic (exact) mass is 302 g/mol. The molecule has 3 rings (SSSR count). The van der Waals surface area contributed by atoms with E-state index in [1.165, 1.54) is 16.5 Å². The molecule has 108 valence electrons. The smallest absolute Gasteiger partial charge is 0.401 e. The van der Waals surface area contributed by atoms with Crippen molar-refractivity contribution in [1.82, 2.24) is 0 Å². The van der Waals surface area contributed by atoms with Gasteiger partial charge in [0.05, 0.1) is 6.26 Å². The molecule has 4 heteroatoms. The highest BCUT2D eigenvalue weighted by atomic mass is 35.5. The third-order valence-electron chi connectivity index (χ3n) is 3.09. The van der Waals surface area contributed by atoms with Crippen LogP contribution in [0.5, 0.6) is 0 Å². The predicted molar refractivity (Wildman–Crippen MR) is 83.9 cm³/mol. The largest absolute Gasteiger partial charge is 0.469 e. The molecule has 0 saturated heterocycles. The normalized spacial score (nSPS) is 9.95. The lowest BCUT2D eigenvalue weighted by Crippen LogP contribution is -1.89. The van der Waals surface area contributed by atoms with Crippen molar-refractivity contribution in [3.8, 4) is 0 Å². The molecule has 3 nitrogen and oxygen atoms in total. The molecule has 2 aromatic carbocycles. The standard InChI is InChI=1S/C16H14O.CHClO2/c1-2-6-13(7-3-1)10-11-14-12-17-16-9-5-4-8-15(14)16;2-1(3)4/h1-9,12H,10-11H2;(H,3,4). The number of aryl methyl sites for hydroxylation is 2. The summed E-state index contributed by atoms with van der Waals surface area (Å²) in [5.41, 5.74) is 2.29. The van der Waals surface area contributed by atoms with E-state index < -0.39 is 5.43 Å². The first-order valence-electron chi connectivity index (χ1n) is 6.54. The Morgan fingerprint density at radius 2 is 1.62 bits per heavy atom. The molecule has 0 bridgehead atoms. The minimum atomic E-state index is -1.36. The van der Waals surface area contributed by atoms with Gasteiger partial charge in [0.25, 0.3) is 0 Å². The minimum Gasteiger partial charge on any atom is -0.469 e. The summed E-state index contributed by atoms with van der Waals surface area (Å²) in [6, 6.07) is 18.8. The number of furan rings is 1. The number of para-hydroxylation sites is 1. The van der Waals surface area contributed by atoms with Crippen molar-refractivity contribution in [2.75, 3.05) is 0 Å². The van der Waals surface area contributed by atoms with E-state index in [0.717, 1.165) is 18.4 Å². The zero-order valence-electron chi connectivity index (χ0n) is 11.3. The SMILES string of the molecule is O=C(O)Cl.c1ccc(CCc2coc3ccccc23)cc1. The topological polar surface area (TPSA) is 50.4 Å². The maximum Gasteiger partial charge on any atom is 0.401 e. The molecule has 0 fully saturated rings. The third-order valence-corrected chi connectivity index (χ3v) is 3.09. The Kier molecular flexibility index (Phi) is 5.41. The number of carbonyl (C=O) groups is 1. The van der Waals surface area contributed by atoms with Crippen molar-refractivity contribution in [3.63, 3.8) is 0 Å². The van der Waals surface area contributed by atoms with Gasteiger partial charge in [-0.25, -0.2) is 4.79 Å². The van der Waals surface area contributed by atoms with Crippen molar-refractivity contribution in [1.29, 1.82) is 0 Å². The Morgan fingerprint density at radius 1 is 1.00 bits per heavy atom. The van der Waals surface area contributed by atoms with E-state index >= 15 is 0 Å². The Bertz CT molecular complexity index is 700. The quantitative estimate of drug-likeness (QED) is 0.683. The fourth-order valence-electron chi connectivity index (χ4n) is 2.15. The molecule has 1 heterocycles. The number of carboxylic acid groups (broad SMARTS) is 1. The number of rotatable bonds is 3. The first-order valence-corrected chi connectivity index (χ1v) is 6.92. The van der Waals surface area contributed by atoms with Crippen molar-refractivity contribution in [2.24, 2.45) is 0 Å². The van der Waals surface area contributed by atoms with Gasteiger partial charge in [0.2, 0.25) is 0 Å². The van der Waals surface area contributed by atoms with Gasteiger partial charge in [0.1, 0.15) is 5.58 Å². The highest BCUT2D eigenvalue weighted by molar-refractivity contribution is 6.60. The second-order valence-electron chi connectivity index (χ2n) is 4.50. The highest BCUT2D eigenvalue weighted by Crippen LogP contribution is 2.22. The predicted octanol–water partition coefficient (Wildman–Crippen LogP) is 5.12. The summed E-state index contributed by atoms with van der Waals surface area (Å²) in [6.07, 6.45) is 3.97. The number of hydrogen-bond acceptors (Lipinski definition) is 2. The molecule has 21 heavy (non-hydrogen) atoms. The van der Waals surface area contributed by atoms with Crippen LogP contribution in [0.4, 0.5) is 4.79 Å². The van der Waals surface area contributed by atoms with E-state index in [0.29, 0.717) is 0 Å². The molecule has 0 saturated carbocycles. The molecule has 0 amide bonds. The lowest BCUT2D eigenvalue weighted by atomic mass is 10.0. The summed E-state index contributed by atoms with van der Waals surface area (Å²) in [5, 5.41) is 8.42. The average Bonchev–Trinajstić information content (AvgIpc) is 2.89. The Balaban J connectivity index is 0.000000361. The number of fused-ring (bicyclic) bond motifs is 1. The molecule has 0 atom stereocenters. The van der Waals surface area contributed by atoms with Gasteiger partial charge in [0, 0.05) is 17.0 Å². The summed E-state index contributed by atoms with van der Waals surface area (Å²) in [4.78, 5) is 8.77. The van der Waals surface area contributed by atoms with Crippen molar-refractivity contribution in [2.45, 2.75) is 12.8 Å². The molecule has 0 aliphatic heterocycles. The first-order chi connectivity index (χ1) is 10.2. The Labute approximate surface area is 127 Å². The Hall–Kier alpha value is -2.26. The average molecular weight is 303 g/mol. The molecule has 0 spiro atoms. The zero-order chi connectivity index (χ0) is 15.1. The minimum absolute atomic E-state index is 0.982. The van der Waals surface area contributed by atoms with Gasteiger partial charge in [-0.3, -0.25) is 0 Å². The maximum absolute atomic E-state index is 8.77. The molecule has 0 aliphatic rings. The van der Waals surface area contributed by atoms with Crippen LogP contribution in [0.2, 0.25) is 0 Å². The van der Waals surface area contributed by atoms with Crippen LogP contribution in [0.25, 0.3) is 11.0 Å². The fraction of sp³-hybridized carbons (Fsp3) is 0.118. The second-order valence-corrected chi connectivity index (χ2v) is 4.82. The summed E-state index contributed by atoms with van der Waals surface area (Å²) < 4.78 is 5.54. The van der Waals surface area contributed by atoms with Gasteiger partial charge in [-0.2, -0.15) is 0 Å². The van der Waals surface area contributed by atoms with Crippen LogP contribution in [0.1, 0.15) is 11.1 Å². The molecular weight excluding hydrogens is 288 g/mol. The molecule has 1 aromatic heterocycles. The second kappa shape index (κ2) is 7.50. The van der Waals surface area contributed by atoms with E-state index in [2.05, 4.69) is 54.1 Å². The van der Waals surface area contributed by atoms with Crippen LogP contribution in [0, 0.1) is 0 Å². The summed E-state index contributed by atoms with van der Waals surface area (Å²) in [5.74, 6) is 0. The van der Waals surface area contributed by atoms with E-state index in [9.17, 15) is 0 Å². The van der Waals surface area contributed by atoms with Gasteiger partial charge in [-0.05, 0) is 30.0 Å². The highest BCUT2D eigenvalue weighted by Gasteiger charge is 2.04. The van der Waals surface area contributed by atoms with Crippen LogP contribution in [-0.2, 0) is 12.8 Å². The Morgan fingerprint density at radius 3 is 2.33 bits per heavy atom. The summed E-state index contributed by atoms with van der Waals surface area (Å²) in [6.45, 7) is 0. The van der Waals surface area contributed by atoms with E-state index in [-0.39, 0.29) is 0 Å². The molecule has 0 unspecified atom stereocenters. The number of benzene rings is 2. The molecule has 0 radical (unpaired) electrons. The van der Waals surface area contributed by atoms with Crippen molar-refractivity contribution in [3.05, 3.63) is 72.0 Å². The van der Waals surface area contributed by atoms with Gasteiger partial charge >= 0.3 is 5.43 Å². The molecule has 1 N–H and O–H groups in total.